The van der Waals surface area contributed by atoms with Crippen molar-refractivity contribution >= 4 is 21.6 Å². The molecule has 0 aliphatic rings. The van der Waals surface area contributed by atoms with Crippen molar-refractivity contribution in [2.24, 2.45) is 0 Å². The molecular formula is C23H32N2O3S. The first-order valence-electron chi connectivity index (χ1n) is 10.5. The molecule has 0 radical (unpaired) electrons. The highest BCUT2D eigenvalue weighted by molar-refractivity contribution is 7.92. The second-order valence-corrected chi connectivity index (χ2v) is 8.97. The summed E-state index contributed by atoms with van der Waals surface area (Å²) in [6.07, 6.45) is 6.04. The second kappa shape index (κ2) is 11.6. The number of hydrogen-bond acceptors (Lipinski definition) is 3. The van der Waals surface area contributed by atoms with Crippen LogP contribution in [0.15, 0.2) is 59.5 Å². The van der Waals surface area contributed by atoms with Gasteiger partial charge in [-0.2, -0.15) is 0 Å². The number of rotatable bonds is 12. The normalized spacial score (nSPS) is 11.2. The second-order valence-electron chi connectivity index (χ2n) is 7.11. The van der Waals surface area contributed by atoms with Gasteiger partial charge in [-0.15, -0.1) is 0 Å². The number of carbonyl (C=O) groups excluding carboxylic acids is 1. The lowest BCUT2D eigenvalue weighted by Crippen LogP contribution is -2.32. The minimum absolute atomic E-state index is 0.170. The highest BCUT2D eigenvalue weighted by Crippen LogP contribution is 2.24. The largest absolute Gasteiger partial charge is 0.352 e. The maximum Gasteiger partial charge on any atom is 0.264 e. The molecule has 0 aliphatic carbocycles. The van der Waals surface area contributed by atoms with Crippen LogP contribution in [0.3, 0.4) is 0 Å². The number of benzene rings is 2. The maximum atomic E-state index is 13.2. The molecule has 0 unspecified atom stereocenters. The summed E-state index contributed by atoms with van der Waals surface area (Å²) < 4.78 is 27.9. The summed E-state index contributed by atoms with van der Waals surface area (Å²) in [5.41, 5.74) is 1.12. The number of unbranched alkanes of at least 4 members (excludes halogenated alkanes) is 4. The molecule has 158 valence electrons. The van der Waals surface area contributed by atoms with Gasteiger partial charge in [0.15, 0.2) is 0 Å². The summed E-state index contributed by atoms with van der Waals surface area (Å²) >= 11 is 0. The minimum atomic E-state index is -3.69. The van der Waals surface area contributed by atoms with Crippen molar-refractivity contribution in [2.45, 2.75) is 57.3 Å². The van der Waals surface area contributed by atoms with Crippen LogP contribution in [0, 0.1) is 0 Å². The molecule has 5 nitrogen and oxygen atoms in total. The number of carbonyl (C=O) groups is 1. The molecule has 2 aromatic carbocycles. The van der Waals surface area contributed by atoms with Gasteiger partial charge in [-0.25, -0.2) is 8.42 Å². The number of nitrogens with zero attached hydrogens (tertiary/aromatic N) is 1. The van der Waals surface area contributed by atoms with Gasteiger partial charge in [0.2, 0.25) is 0 Å². The lowest BCUT2D eigenvalue weighted by atomic mass is 10.2. The molecule has 2 aromatic rings. The topological polar surface area (TPSA) is 66.5 Å². The molecule has 0 saturated heterocycles. The van der Waals surface area contributed by atoms with Crippen LogP contribution < -0.4 is 9.62 Å². The predicted molar refractivity (Wildman–Crippen MR) is 119 cm³/mol. The van der Waals surface area contributed by atoms with Gasteiger partial charge < -0.3 is 5.32 Å². The molecule has 0 aromatic heterocycles. The Hall–Kier alpha value is -2.34. The van der Waals surface area contributed by atoms with Crippen molar-refractivity contribution in [3.8, 4) is 0 Å². The van der Waals surface area contributed by atoms with E-state index in [1.54, 1.807) is 24.3 Å². The van der Waals surface area contributed by atoms with Gasteiger partial charge in [0, 0.05) is 18.7 Å². The molecule has 1 N–H and O–H groups in total. The van der Waals surface area contributed by atoms with Crippen molar-refractivity contribution in [3.05, 3.63) is 60.2 Å². The van der Waals surface area contributed by atoms with E-state index in [-0.39, 0.29) is 10.8 Å². The van der Waals surface area contributed by atoms with Gasteiger partial charge in [0.25, 0.3) is 15.9 Å². The Bertz CT molecular complexity index is 849. The third kappa shape index (κ3) is 6.60. The van der Waals surface area contributed by atoms with E-state index >= 15 is 0 Å². The van der Waals surface area contributed by atoms with Crippen LogP contribution in [0.1, 0.15) is 62.7 Å². The maximum absolute atomic E-state index is 13.2. The van der Waals surface area contributed by atoms with Gasteiger partial charge in [0.05, 0.1) is 10.6 Å². The number of hydrogen-bond donors (Lipinski definition) is 1. The first-order chi connectivity index (χ1) is 14.0. The van der Waals surface area contributed by atoms with Crippen molar-refractivity contribution in [1.29, 1.82) is 0 Å². The molecule has 6 heteroatoms. The van der Waals surface area contributed by atoms with E-state index in [1.165, 1.54) is 22.9 Å². The monoisotopic (exact) mass is 416 g/mol. The third-order valence-electron chi connectivity index (χ3n) is 4.78. The zero-order valence-electron chi connectivity index (χ0n) is 17.4. The Morgan fingerprint density at radius 2 is 1.52 bits per heavy atom. The van der Waals surface area contributed by atoms with Crippen molar-refractivity contribution in [2.75, 3.05) is 17.4 Å². The fraction of sp³-hybridized carbons (Fsp3) is 0.435. The van der Waals surface area contributed by atoms with Gasteiger partial charge in [-0.3, -0.25) is 9.10 Å². The predicted octanol–water partition coefficient (Wildman–Crippen LogP) is 4.99. The Morgan fingerprint density at radius 3 is 2.14 bits per heavy atom. The molecule has 0 spiro atoms. The van der Waals surface area contributed by atoms with E-state index in [9.17, 15) is 13.2 Å². The molecule has 0 aliphatic heterocycles. The fourth-order valence-corrected chi connectivity index (χ4v) is 4.55. The summed E-state index contributed by atoms with van der Waals surface area (Å²) in [6.45, 7) is 5.24. The van der Waals surface area contributed by atoms with E-state index in [4.69, 9.17) is 0 Å². The minimum Gasteiger partial charge on any atom is -0.352 e. The van der Waals surface area contributed by atoms with Crippen molar-refractivity contribution in [3.63, 3.8) is 0 Å². The van der Waals surface area contributed by atoms with Crippen LogP contribution >= 0.6 is 0 Å². The average molecular weight is 417 g/mol. The Kier molecular flexibility index (Phi) is 9.19. The van der Waals surface area contributed by atoms with Gasteiger partial charge in [-0.1, -0.05) is 57.7 Å². The standard InChI is InChI=1S/C23H32N2O3S/c1-3-5-7-11-18-24-23(26)20-14-16-22(17-15-20)29(27,28)25(19-6-4-2)21-12-9-8-10-13-21/h8-10,12-17H,3-7,11,18-19H2,1-2H3,(H,24,26). The lowest BCUT2D eigenvalue weighted by molar-refractivity contribution is 0.0953. The van der Waals surface area contributed by atoms with E-state index < -0.39 is 10.0 Å². The summed E-state index contributed by atoms with van der Waals surface area (Å²) in [6, 6.07) is 15.3. The number of nitrogens with one attached hydrogen (secondary N) is 1. The molecule has 0 heterocycles. The van der Waals surface area contributed by atoms with E-state index in [2.05, 4.69) is 12.2 Å². The summed E-state index contributed by atoms with van der Waals surface area (Å²) in [5, 5.41) is 2.89. The number of sulfonamides is 1. The molecular weight excluding hydrogens is 384 g/mol. The molecule has 0 saturated carbocycles. The Labute approximate surface area is 175 Å². The molecule has 29 heavy (non-hydrogen) atoms. The quantitative estimate of drug-likeness (QED) is 0.496. The summed E-state index contributed by atoms with van der Waals surface area (Å²) in [7, 11) is -3.69. The van der Waals surface area contributed by atoms with E-state index in [0.717, 1.165) is 32.1 Å². The fourth-order valence-electron chi connectivity index (χ4n) is 3.05. The van der Waals surface area contributed by atoms with Crippen LogP contribution in [0.25, 0.3) is 0 Å². The first kappa shape index (κ1) is 22.9. The number of anilines is 1. The van der Waals surface area contributed by atoms with Gasteiger partial charge >= 0.3 is 0 Å². The molecule has 2 rings (SSSR count). The highest BCUT2D eigenvalue weighted by Gasteiger charge is 2.24. The zero-order chi connectivity index (χ0) is 21.1. The van der Waals surface area contributed by atoms with Crippen molar-refractivity contribution < 1.29 is 13.2 Å². The average Bonchev–Trinajstić information content (AvgIpc) is 2.74. The summed E-state index contributed by atoms with van der Waals surface area (Å²) in [5.74, 6) is -0.170. The molecule has 1 amide bonds. The SMILES string of the molecule is CCCCCCNC(=O)c1ccc(S(=O)(=O)N(CCCC)c2ccccc2)cc1. The lowest BCUT2D eigenvalue weighted by Gasteiger charge is -2.24. The van der Waals surface area contributed by atoms with E-state index in [1.807, 2.05) is 25.1 Å². The third-order valence-corrected chi connectivity index (χ3v) is 6.62. The Morgan fingerprint density at radius 1 is 0.862 bits per heavy atom. The van der Waals surface area contributed by atoms with Gasteiger partial charge in [0.1, 0.15) is 0 Å². The molecule has 0 fully saturated rings. The van der Waals surface area contributed by atoms with Crippen LogP contribution in [-0.4, -0.2) is 27.4 Å². The highest BCUT2D eigenvalue weighted by atomic mass is 32.2. The number of para-hydroxylation sites is 1. The summed E-state index contributed by atoms with van der Waals surface area (Å²) in [4.78, 5) is 12.5. The first-order valence-corrected chi connectivity index (χ1v) is 11.9. The van der Waals surface area contributed by atoms with Crippen LogP contribution in [0.5, 0.6) is 0 Å². The van der Waals surface area contributed by atoms with Crippen LogP contribution in [0.2, 0.25) is 0 Å². The molecule has 0 atom stereocenters. The Balaban J connectivity index is 2.12. The van der Waals surface area contributed by atoms with Crippen LogP contribution in [-0.2, 0) is 10.0 Å². The zero-order valence-corrected chi connectivity index (χ0v) is 18.2. The van der Waals surface area contributed by atoms with Crippen molar-refractivity contribution in [1.82, 2.24) is 5.32 Å². The molecule has 0 bridgehead atoms. The number of amides is 1. The van der Waals surface area contributed by atoms with Crippen LogP contribution in [0.4, 0.5) is 5.69 Å². The van der Waals surface area contributed by atoms with E-state index in [0.29, 0.717) is 24.3 Å². The van der Waals surface area contributed by atoms with Gasteiger partial charge in [-0.05, 0) is 49.2 Å². The smallest absolute Gasteiger partial charge is 0.264 e.